The van der Waals surface area contributed by atoms with Crippen LogP contribution < -0.4 is 5.32 Å². The van der Waals surface area contributed by atoms with Crippen LogP contribution in [0.1, 0.15) is 27.5 Å². The first-order valence-corrected chi connectivity index (χ1v) is 8.87. The van der Waals surface area contributed by atoms with Gasteiger partial charge < -0.3 is 10.1 Å². The third-order valence-corrected chi connectivity index (χ3v) is 4.85. The van der Waals surface area contributed by atoms with Crippen molar-refractivity contribution in [3.8, 4) is 0 Å². The van der Waals surface area contributed by atoms with E-state index in [1.807, 2.05) is 31.2 Å². The summed E-state index contributed by atoms with van der Waals surface area (Å²) < 4.78 is 5.45. The van der Waals surface area contributed by atoms with Crippen molar-refractivity contribution in [2.24, 2.45) is 0 Å². The van der Waals surface area contributed by atoms with Crippen molar-refractivity contribution >= 4 is 17.2 Å². The fourth-order valence-electron chi connectivity index (χ4n) is 2.89. The second-order valence-electron chi connectivity index (χ2n) is 5.80. The first-order valence-electron chi connectivity index (χ1n) is 7.93. The molecule has 2 heterocycles. The van der Waals surface area contributed by atoms with E-state index in [9.17, 15) is 4.79 Å². The van der Waals surface area contributed by atoms with Crippen LogP contribution in [0.25, 0.3) is 0 Å². The summed E-state index contributed by atoms with van der Waals surface area (Å²) in [5.41, 5.74) is 3.08. The number of hydrogen-bond donors (Lipinski definition) is 1. The molecule has 0 saturated carbocycles. The van der Waals surface area contributed by atoms with Crippen molar-refractivity contribution in [1.29, 1.82) is 0 Å². The first kappa shape index (κ1) is 16.2. The van der Waals surface area contributed by atoms with Gasteiger partial charge in [-0.2, -0.15) is 11.3 Å². The van der Waals surface area contributed by atoms with E-state index in [1.54, 1.807) is 11.3 Å². The first-order chi connectivity index (χ1) is 11.2. The summed E-state index contributed by atoms with van der Waals surface area (Å²) >= 11 is 1.69. The molecular formula is C18H22N2O2S. The molecule has 1 saturated heterocycles. The van der Waals surface area contributed by atoms with Gasteiger partial charge in [0, 0.05) is 25.2 Å². The number of aryl methyl sites for hydroxylation is 1. The van der Waals surface area contributed by atoms with Crippen LogP contribution in [0.15, 0.2) is 41.1 Å². The van der Waals surface area contributed by atoms with E-state index in [4.69, 9.17) is 4.74 Å². The van der Waals surface area contributed by atoms with Gasteiger partial charge in [0.15, 0.2) is 0 Å². The predicted octanol–water partition coefficient (Wildman–Crippen LogP) is 2.86. The summed E-state index contributed by atoms with van der Waals surface area (Å²) in [4.78, 5) is 14.8. The third kappa shape index (κ3) is 4.19. The van der Waals surface area contributed by atoms with E-state index in [1.165, 1.54) is 5.56 Å². The molecule has 1 amide bonds. The fraction of sp³-hybridized carbons (Fsp3) is 0.389. The monoisotopic (exact) mass is 330 g/mol. The Bertz CT molecular complexity index is 636. The molecule has 2 aromatic rings. The minimum absolute atomic E-state index is 0.0119. The highest BCUT2D eigenvalue weighted by Crippen LogP contribution is 2.23. The van der Waals surface area contributed by atoms with Crippen molar-refractivity contribution in [1.82, 2.24) is 10.2 Å². The Morgan fingerprint density at radius 1 is 1.35 bits per heavy atom. The summed E-state index contributed by atoms with van der Waals surface area (Å²) in [7, 11) is 0. The molecule has 0 bridgehead atoms. The second-order valence-corrected chi connectivity index (χ2v) is 6.58. The Labute approximate surface area is 141 Å². The van der Waals surface area contributed by atoms with Gasteiger partial charge in [0.05, 0.1) is 19.3 Å². The molecular weight excluding hydrogens is 308 g/mol. The summed E-state index contributed by atoms with van der Waals surface area (Å²) in [6, 6.07) is 10.0. The van der Waals surface area contributed by atoms with Crippen LogP contribution in [0.4, 0.5) is 0 Å². The number of rotatable bonds is 5. The molecule has 0 aliphatic carbocycles. The Morgan fingerprint density at radius 2 is 2.17 bits per heavy atom. The lowest BCUT2D eigenvalue weighted by Crippen LogP contribution is -2.43. The van der Waals surface area contributed by atoms with E-state index in [2.05, 4.69) is 27.0 Å². The summed E-state index contributed by atoms with van der Waals surface area (Å²) in [6.07, 6.45) is 0. The van der Waals surface area contributed by atoms with Crippen molar-refractivity contribution < 1.29 is 9.53 Å². The molecule has 1 aromatic carbocycles. The van der Waals surface area contributed by atoms with Crippen LogP contribution in [-0.2, 0) is 4.74 Å². The van der Waals surface area contributed by atoms with Gasteiger partial charge >= 0.3 is 0 Å². The lowest BCUT2D eigenvalue weighted by atomic mass is 10.1. The maximum atomic E-state index is 12.4. The molecule has 0 spiro atoms. The Morgan fingerprint density at radius 3 is 2.87 bits per heavy atom. The highest BCUT2D eigenvalue weighted by Gasteiger charge is 2.23. The van der Waals surface area contributed by atoms with E-state index in [0.29, 0.717) is 6.54 Å². The molecule has 3 rings (SSSR count). The number of ether oxygens (including phenoxy) is 1. The average Bonchev–Trinajstić information content (AvgIpc) is 3.10. The molecule has 1 aromatic heterocycles. The standard InChI is InChI=1S/C18H22N2O2S/c1-14-3-2-4-15(11-14)18(21)19-12-17(16-5-10-23-13-16)20-6-8-22-9-7-20/h2-5,10-11,13,17H,6-9,12H2,1H3,(H,19,21). The predicted molar refractivity (Wildman–Crippen MR) is 93.0 cm³/mol. The SMILES string of the molecule is Cc1cccc(C(=O)NCC(c2ccsc2)N2CCOCC2)c1. The minimum atomic E-state index is -0.0119. The molecule has 1 unspecified atom stereocenters. The molecule has 4 nitrogen and oxygen atoms in total. The van der Waals surface area contributed by atoms with E-state index >= 15 is 0 Å². The number of nitrogens with one attached hydrogen (secondary N) is 1. The van der Waals surface area contributed by atoms with Gasteiger partial charge in [-0.15, -0.1) is 0 Å². The van der Waals surface area contributed by atoms with E-state index < -0.39 is 0 Å². The third-order valence-electron chi connectivity index (χ3n) is 4.15. The van der Waals surface area contributed by atoms with Crippen molar-refractivity contribution in [3.05, 3.63) is 57.8 Å². The molecule has 0 radical (unpaired) electrons. The number of thiophene rings is 1. The van der Waals surface area contributed by atoms with Gasteiger partial charge in [-0.1, -0.05) is 17.7 Å². The van der Waals surface area contributed by atoms with Crippen LogP contribution in [0.5, 0.6) is 0 Å². The molecule has 122 valence electrons. The molecule has 5 heteroatoms. The number of nitrogens with zero attached hydrogens (tertiary/aromatic N) is 1. The van der Waals surface area contributed by atoms with Gasteiger partial charge in [-0.05, 0) is 41.4 Å². The Kier molecular flexibility index (Phi) is 5.43. The molecule has 1 N–H and O–H groups in total. The summed E-state index contributed by atoms with van der Waals surface area (Å²) in [5, 5.41) is 7.35. The zero-order chi connectivity index (χ0) is 16.1. The zero-order valence-corrected chi connectivity index (χ0v) is 14.1. The Hall–Kier alpha value is -1.69. The van der Waals surface area contributed by atoms with Crippen molar-refractivity contribution in [2.45, 2.75) is 13.0 Å². The van der Waals surface area contributed by atoms with E-state index in [0.717, 1.165) is 37.4 Å². The molecule has 1 aliphatic heterocycles. The highest BCUT2D eigenvalue weighted by atomic mass is 32.1. The smallest absolute Gasteiger partial charge is 0.251 e. The zero-order valence-electron chi connectivity index (χ0n) is 13.3. The lowest BCUT2D eigenvalue weighted by Gasteiger charge is -2.34. The van der Waals surface area contributed by atoms with E-state index in [-0.39, 0.29) is 11.9 Å². The van der Waals surface area contributed by atoms with Gasteiger partial charge in [-0.25, -0.2) is 0 Å². The highest BCUT2D eigenvalue weighted by molar-refractivity contribution is 7.07. The van der Waals surface area contributed by atoms with Gasteiger partial charge in [0.25, 0.3) is 5.91 Å². The minimum Gasteiger partial charge on any atom is -0.379 e. The number of benzene rings is 1. The molecule has 1 aliphatic rings. The van der Waals surface area contributed by atoms with Crippen LogP contribution in [0.2, 0.25) is 0 Å². The number of morpholine rings is 1. The van der Waals surface area contributed by atoms with Gasteiger partial charge in [-0.3, -0.25) is 9.69 Å². The summed E-state index contributed by atoms with van der Waals surface area (Å²) in [5.74, 6) is -0.0119. The maximum absolute atomic E-state index is 12.4. The van der Waals surface area contributed by atoms with Crippen LogP contribution in [0, 0.1) is 6.92 Å². The van der Waals surface area contributed by atoms with Gasteiger partial charge in [0.1, 0.15) is 0 Å². The van der Waals surface area contributed by atoms with Crippen molar-refractivity contribution in [3.63, 3.8) is 0 Å². The number of carbonyl (C=O) groups is 1. The second kappa shape index (κ2) is 7.73. The lowest BCUT2D eigenvalue weighted by molar-refractivity contribution is 0.0163. The average molecular weight is 330 g/mol. The van der Waals surface area contributed by atoms with Gasteiger partial charge in [0.2, 0.25) is 0 Å². The molecule has 1 fully saturated rings. The van der Waals surface area contributed by atoms with Crippen LogP contribution in [0.3, 0.4) is 0 Å². The quantitative estimate of drug-likeness (QED) is 0.916. The fourth-order valence-corrected chi connectivity index (χ4v) is 3.60. The topological polar surface area (TPSA) is 41.6 Å². The van der Waals surface area contributed by atoms with Crippen molar-refractivity contribution in [2.75, 3.05) is 32.8 Å². The maximum Gasteiger partial charge on any atom is 0.251 e. The Balaban J connectivity index is 1.67. The number of amides is 1. The largest absolute Gasteiger partial charge is 0.379 e. The number of hydrogen-bond acceptors (Lipinski definition) is 4. The number of carbonyl (C=O) groups excluding carboxylic acids is 1. The van der Waals surface area contributed by atoms with Crippen LogP contribution >= 0.6 is 11.3 Å². The molecule has 23 heavy (non-hydrogen) atoms. The molecule has 1 atom stereocenters. The van der Waals surface area contributed by atoms with Crippen LogP contribution in [-0.4, -0.2) is 43.7 Å². The summed E-state index contributed by atoms with van der Waals surface area (Å²) in [6.45, 7) is 5.93. The normalized spacial score (nSPS) is 16.9.